The van der Waals surface area contributed by atoms with Crippen LogP contribution in [0, 0.1) is 0 Å². The maximum absolute atomic E-state index is 6.44. The van der Waals surface area contributed by atoms with Crippen molar-refractivity contribution in [3.8, 4) is 22.3 Å². The molecular weight excluding hydrogens is 928 g/mol. The Labute approximate surface area is 450 Å². The van der Waals surface area contributed by atoms with Crippen molar-refractivity contribution in [3.05, 3.63) is 186 Å². The summed E-state index contributed by atoms with van der Waals surface area (Å²) >= 11 is 1.98. The summed E-state index contributed by atoms with van der Waals surface area (Å²) in [4.78, 5) is 5.24. The van der Waals surface area contributed by atoms with Crippen molar-refractivity contribution in [2.75, 3.05) is 9.80 Å². The summed E-state index contributed by atoms with van der Waals surface area (Å²) < 4.78 is 9.13. The van der Waals surface area contributed by atoms with Gasteiger partial charge in [-0.15, -0.1) is 11.3 Å². The van der Waals surface area contributed by atoms with Crippen LogP contribution in [0.4, 0.5) is 34.1 Å². The largest absolute Gasteiger partial charge is 0.456 e. The van der Waals surface area contributed by atoms with E-state index in [9.17, 15) is 0 Å². The average molecular weight is 999 g/mol. The highest BCUT2D eigenvalue weighted by Crippen LogP contribution is 2.52. The van der Waals surface area contributed by atoms with Gasteiger partial charge in [-0.1, -0.05) is 189 Å². The molecule has 0 amide bonds. The molecule has 4 heterocycles. The highest BCUT2D eigenvalue weighted by atomic mass is 32.1. The molecule has 0 bridgehead atoms. The molecule has 3 nitrogen and oxygen atoms in total. The summed E-state index contributed by atoms with van der Waals surface area (Å²) in [6, 6.07) is 60.8. The van der Waals surface area contributed by atoms with Gasteiger partial charge in [0.1, 0.15) is 11.2 Å². The van der Waals surface area contributed by atoms with Gasteiger partial charge < -0.3 is 14.2 Å². The zero-order chi connectivity index (χ0) is 52.9. The lowest BCUT2D eigenvalue weighted by atomic mass is 9.36. The Morgan fingerprint density at radius 2 is 0.973 bits per heavy atom. The Hall–Kier alpha value is -6.82. The van der Waals surface area contributed by atoms with Gasteiger partial charge in [0.25, 0.3) is 6.71 Å². The van der Waals surface area contributed by atoms with Crippen LogP contribution in [0.2, 0.25) is 0 Å². The Morgan fingerprint density at radius 3 is 1.65 bits per heavy atom. The molecule has 0 spiro atoms. The number of anilines is 6. The summed E-state index contributed by atoms with van der Waals surface area (Å²) in [5.41, 5.74) is 23.1. The predicted molar refractivity (Wildman–Crippen MR) is 327 cm³/mol. The summed E-state index contributed by atoms with van der Waals surface area (Å²) in [6.07, 6.45) is 0. The van der Waals surface area contributed by atoms with E-state index in [2.05, 4.69) is 271 Å². The van der Waals surface area contributed by atoms with Crippen molar-refractivity contribution in [1.82, 2.24) is 0 Å². The fourth-order valence-corrected chi connectivity index (χ4v) is 13.0. The van der Waals surface area contributed by atoms with Gasteiger partial charge in [0, 0.05) is 53.9 Å². The zero-order valence-corrected chi connectivity index (χ0v) is 47.6. The molecule has 0 saturated heterocycles. The Kier molecular flexibility index (Phi) is 11.0. The summed E-state index contributed by atoms with van der Waals surface area (Å²) in [5.74, 6) is 0. The van der Waals surface area contributed by atoms with E-state index in [1.54, 1.807) is 0 Å². The van der Waals surface area contributed by atoms with E-state index in [0.717, 1.165) is 27.6 Å². The number of furan rings is 1. The van der Waals surface area contributed by atoms with Crippen LogP contribution in [0.5, 0.6) is 0 Å². The quantitative estimate of drug-likeness (QED) is 0.164. The van der Waals surface area contributed by atoms with Crippen LogP contribution < -0.4 is 25.5 Å². The first kappa shape index (κ1) is 49.1. The Bertz CT molecular complexity index is 3910. The van der Waals surface area contributed by atoms with Crippen LogP contribution in [-0.4, -0.2) is 6.71 Å². The highest BCUT2D eigenvalue weighted by Gasteiger charge is 2.46. The van der Waals surface area contributed by atoms with Gasteiger partial charge in [-0.3, -0.25) is 0 Å². The molecule has 0 saturated carbocycles. The average Bonchev–Trinajstić information content (AvgIpc) is 3.98. The molecule has 0 unspecified atom stereocenters. The molecule has 2 aliphatic heterocycles. The van der Waals surface area contributed by atoms with Crippen LogP contribution in [0.1, 0.15) is 132 Å². The van der Waals surface area contributed by atoms with Gasteiger partial charge >= 0.3 is 0 Å². The number of thiophene rings is 1. The van der Waals surface area contributed by atoms with E-state index in [0.29, 0.717) is 0 Å². The fourth-order valence-electron chi connectivity index (χ4n) is 11.7. The van der Waals surface area contributed by atoms with Crippen molar-refractivity contribution in [1.29, 1.82) is 0 Å². The van der Waals surface area contributed by atoms with Gasteiger partial charge in [0.2, 0.25) is 0 Å². The molecule has 75 heavy (non-hydrogen) atoms. The molecule has 8 aromatic carbocycles. The van der Waals surface area contributed by atoms with Crippen LogP contribution in [0.15, 0.2) is 162 Å². The third-order valence-electron chi connectivity index (χ3n) is 16.2. The second-order valence-corrected chi connectivity index (χ2v) is 27.8. The van der Waals surface area contributed by atoms with Gasteiger partial charge in [-0.2, -0.15) is 0 Å². The van der Waals surface area contributed by atoms with Crippen LogP contribution in [0.25, 0.3) is 54.3 Å². The topological polar surface area (TPSA) is 19.6 Å². The minimum Gasteiger partial charge on any atom is -0.456 e. The van der Waals surface area contributed by atoms with E-state index in [1.165, 1.54) is 104 Å². The molecule has 0 atom stereocenters. The molecule has 0 radical (unpaired) electrons. The SMILES string of the molecule is CC(C)(C)c1cc(-c2cccc(N3c4ccc(C(C)(C)C)cc4B4c5sc6ccc(C(C)(C)C)cc6c5N(c5ccc(C(C)(C)C)cc5-c5ccc6oc7ccccc7c6c5)c5cccc3c54)c2)cc(C(C)(C)C)c1. The Balaban J connectivity index is 1.15. The number of rotatable bonds is 4. The normalized spacial score (nSPS) is 14.0. The van der Waals surface area contributed by atoms with Gasteiger partial charge in [-0.25, -0.2) is 0 Å². The molecule has 0 N–H and O–H groups in total. The minimum atomic E-state index is -0.0770. The second kappa shape index (κ2) is 16.8. The first-order chi connectivity index (χ1) is 35.3. The molecule has 376 valence electrons. The number of benzene rings is 8. The summed E-state index contributed by atoms with van der Waals surface area (Å²) in [6.45, 7) is 35.0. The maximum Gasteiger partial charge on any atom is 0.264 e. The van der Waals surface area contributed by atoms with E-state index >= 15 is 0 Å². The molecular formula is C70H71BN2OS. The Morgan fingerprint density at radius 1 is 0.387 bits per heavy atom. The molecule has 12 rings (SSSR count). The highest BCUT2D eigenvalue weighted by molar-refractivity contribution is 7.33. The third kappa shape index (κ3) is 8.24. The number of fused-ring (bicyclic) bond motifs is 9. The van der Waals surface area contributed by atoms with Crippen LogP contribution >= 0.6 is 11.3 Å². The van der Waals surface area contributed by atoms with E-state index in [4.69, 9.17) is 4.42 Å². The number of nitrogens with zero attached hydrogens (tertiary/aromatic N) is 2. The monoisotopic (exact) mass is 999 g/mol. The first-order valence-electron chi connectivity index (χ1n) is 27.1. The van der Waals surface area contributed by atoms with Gasteiger partial charge in [-0.05, 0) is 155 Å². The van der Waals surface area contributed by atoms with Gasteiger partial charge in [0.15, 0.2) is 0 Å². The van der Waals surface area contributed by atoms with E-state index in [1.807, 2.05) is 11.3 Å². The van der Waals surface area contributed by atoms with Gasteiger partial charge in [0.05, 0.1) is 11.4 Å². The number of hydrogen-bond donors (Lipinski definition) is 0. The first-order valence-corrected chi connectivity index (χ1v) is 27.9. The predicted octanol–water partition coefficient (Wildman–Crippen LogP) is 18.7. The molecule has 10 aromatic rings. The van der Waals surface area contributed by atoms with Crippen molar-refractivity contribution in [2.45, 2.75) is 131 Å². The lowest BCUT2D eigenvalue weighted by molar-refractivity contribution is 0.569. The smallest absolute Gasteiger partial charge is 0.264 e. The molecule has 2 aromatic heterocycles. The standard InChI is InChI=1S/C70H71BN2OS/c1-66(2,3)45-27-30-56(52(39-45)43-26-32-61-53(37-43)51-22-16-17-25-60(51)74-61)73-59-24-19-23-58-63(59)71(65-64(73)54-40-46(67(4,5)6)29-33-62(54)75-65)55-41-47(68(7,8)9)28-31-57(55)72(58)50-21-18-20-42(36-50)44-34-48(69(10,11)12)38-49(35-44)70(13,14)15/h16-41H,1-15H3. The molecule has 5 heteroatoms. The number of para-hydroxylation sites is 1. The van der Waals surface area contributed by atoms with Crippen molar-refractivity contribution >= 4 is 99.9 Å². The van der Waals surface area contributed by atoms with Crippen molar-refractivity contribution in [2.24, 2.45) is 0 Å². The second-order valence-electron chi connectivity index (χ2n) is 26.8. The lowest BCUT2D eigenvalue weighted by Crippen LogP contribution is -2.60. The van der Waals surface area contributed by atoms with E-state index in [-0.39, 0.29) is 33.8 Å². The molecule has 0 aliphatic carbocycles. The maximum atomic E-state index is 6.44. The van der Waals surface area contributed by atoms with E-state index < -0.39 is 0 Å². The lowest BCUT2D eigenvalue weighted by Gasteiger charge is -2.44. The zero-order valence-electron chi connectivity index (χ0n) is 46.8. The van der Waals surface area contributed by atoms with Crippen LogP contribution in [-0.2, 0) is 27.1 Å². The molecule has 0 fully saturated rings. The van der Waals surface area contributed by atoms with Crippen molar-refractivity contribution < 1.29 is 4.42 Å². The third-order valence-corrected chi connectivity index (χ3v) is 17.4. The van der Waals surface area contributed by atoms with Crippen molar-refractivity contribution in [3.63, 3.8) is 0 Å². The molecule has 2 aliphatic rings. The van der Waals surface area contributed by atoms with Crippen LogP contribution in [0.3, 0.4) is 0 Å². The number of hydrogen-bond acceptors (Lipinski definition) is 4. The summed E-state index contributed by atoms with van der Waals surface area (Å²) in [5, 5.41) is 3.57. The summed E-state index contributed by atoms with van der Waals surface area (Å²) in [7, 11) is 0. The minimum absolute atomic E-state index is 0.00124. The fraction of sp³-hybridized carbons (Fsp3) is 0.286.